The highest BCUT2D eigenvalue weighted by molar-refractivity contribution is 5.72. The van der Waals surface area contributed by atoms with E-state index in [0.717, 1.165) is 6.42 Å². The maximum absolute atomic E-state index is 11.3. The molecular weight excluding hydrogens is 188 g/mol. The quantitative estimate of drug-likeness (QED) is 0.708. The molecule has 0 aliphatic heterocycles. The molecule has 2 nitrogen and oxygen atoms in total. The van der Waals surface area contributed by atoms with Gasteiger partial charge in [0.1, 0.15) is 0 Å². The fourth-order valence-electron chi connectivity index (χ4n) is 1.58. The third-order valence-corrected chi connectivity index (χ3v) is 2.83. The van der Waals surface area contributed by atoms with Crippen LogP contribution in [0.15, 0.2) is 30.3 Å². The van der Waals surface area contributed by atoms with Crippen LogP contribution >= 0.6 is 0 Å². The number of methoxy groups -OCH3 is 1. The van der Waals surface area contributed by atoms with Crippen LogP contribution in [0.25, 0.3) is 0 Å². The van der Waals surface area contributed by atoms with Crippen molar-refractivity contribution >= 4 is 5.97 Å². The molecule has 0 amide bonds. The van der Waals surface area contributed by atoms with Crippen molar-refractivity contribution < 1.29 is 9.53 Å². The Labute approximate surface area is 91.3 Å². The van der Waals surface area contributed by atoms with Crippen molar-refractivity contribution in [1.82, 2.24) is 0 Å². The third kappa shape index (κ3) is 3.39. The number of carbonyl (C=O) groups excluding carboxylic acids is 1. The van der Waals surface area contributed by atoms with E-state index in [4.69, 9.17) is 4.74 Å². The first kappa shape index (κ1) is 11.8. The average molecular weight is 206 g/mol. The number of carbonyl (C=O) groups is 1. The van der Waals surface area contributed by atoms with E-state index in [1.807, 2.05) is 25.1 Å². The molecule has 2 atom stereocenters. The second kappa shape index (κ2) is 5.54. The molecule has 0 saturated carbocycles. The maximum Gasteiger partial charge on any atom is 0.308 e. The van der Waals surface area contributed by atoms with E-state index < -0.39 is 0 Å². The molecule has 0 spiro atoms. The molecule has 0 aliphatic rings. The van der Waals surface area contributed by atoms with Gasteiger partial charge in [-0.2, -0.15) is 0 Å². The summed E-state index contributed by atoms with van der Waals surface area (Å²) in [4.78, 5) is 11.3. The van der Waals surface area contributed by atoms with Crippen molar-refractivity contribution in [1.29, 1.82) is 0 Å². The third-order valence-electron chi connectivity index (χ3n) is 2.83. The lowest BCUT2D eigenvalue weighted by Crippen LogP contribution is -2.21. The Bertz CT molecular complexity index is 306. The van der Waals surface area contributed by atoms with E-state index in [2.05, 4.69) is 19.1 Å². The summed E-state index contributed by atoms with van der Waals surface area (Å²) in [5, 5.41) is 0. The molecular formula is C13H18O2. The second-order valence-electron chi connectivity index (χ2n) is 3.98. The average Bonchev–Trinajstić information content (AvgIpc) is 2.28. The lowest BCUT2D eigenvalue weighted by Gasteiger charge is -2.17. The molecule has 0 aromatic heterocycles. The van der Waals surface area contributed by atoms with Crippen molar-refractivity contribution in [3.63, 3.8) is 0 Å². The summed E-state index contributed by atoms with van der Waals surface area (Å²) in [5.74, 6) is 0.133. The first-order chi connectivity index (χ1) is 7.15. The Hall–Kier alpha value is -1.31. The van der Waals surface area contributed by atoms with Gasteiger partial charge in [0.05, 0.1) is 13.0 Å². The molecule has 0 aliphatic carbocycles. The van der Waals surface area contributed by atoms with Gasteiger partial charge >= 0.3 is 5.97 Å². The molecule has 0 fully saturated rings. The van der Waals surface area contributed by atoms with Crippen LogP contribution in [0.1, 0.15) is 19.4 Å². The summed E-state index contributed by atoms with van der Waals surface area (Å²) in [6.45, 7) is 3.99. The number of hydrogen-bond acceptors (Lipinski definition) is 2. The highest BCUT2D eigenvalue weighted by Gasteiger charge is 2.20. The van der Waals surface area contributed by atoms with E-state index in [1.54, 1.807) is 0 Å². The fraction of sp³-hybridized carbons (Fsp3) is 0.462. The molecule has 0 unspecified atom stereocenters. The molecule has 2 heteroatoms. The SMILES string of the molecule is COC(=O)[C@H](C)[C@H](C)Cc1ccccc1. The minimum atomic E-state index is -0.126. The molecule has 1 rings (SSSR count). The zero-order chi connectivity index (χ0) is 11.3. The summed E-state index contributed by atoms with van der Waals surface area (Å²) in [6, 6.07) is 10.2. The van der Waals surface area contributed by atoms with E-state index in [9.17, 15) is 4.79 Å². The van der Waals surface area contributed by atoms with Gasteiger partial charge in [0, 0.05) is 0 Å². The highest BCUT2D eigenvalue weighted by atomic mass is 16.5. The molecule has 82 valence electrons. The normalized spacial score (nSPS) is 14.3. The number of esters is 1. The lowest BCUT2D eigenvalue weighted by molar-refractivity contribution is -0.146. The topological polar surface area (TPSA) is 26.3 Å². The number of ether oxygens (including phenoxy) is 1. The molecule has 0 saturated heterocycles. The van der Waals surface area contributed by atoms with Gasteiger partial charge < -0.3 is 4.74 Å². The molecule has 0 radical (unpaired) electrons. The number of rotatable bonds is 4. The Morgan fingerprint density at radius 3 is 2.40 bits per heavy atom. The molecule has 0 heterocycles. The summed E-state index contributed by atoms with van der Waals surface area (Å²) >= 11 is 0. The number of benzene rings is 1. The van der Waals surface area contributed by atoms with Crippen LogP contribution in [0.5, 0.6) is 0 Å². The van der Waals surface area contributed by atoms with E-state index in [1.165, 1.54) is 12.7 Å². The summed E-state index contributed by atoms with van der Waals surface area (Å²) in [6.07, 6.45) is 0.914. The Balaban J connectivity index is 2.56. The molecule has 1 aromatic carbocycles. The monoisotopic (exact) mass is 206 g/mol. The Morgan fingerprint density at radius 1 is 1.27 bits per heavy atom. The predicted molar refractivity (Wildman–Crippen MR) is 60.5 cm³/mol. The zero-order valence-corrected chi connectivity index (χ0v) is 9.57. The van der Waals surface area contributed by atoms with Crippen LogP contribution in [0.3, 0.4) is 0 Å². The first-order valence-electron chi connectivity index (χ1n) is 5.27. The van der Waals surface area contributed by atoms with Crippen molar-refractivity contribution in [2.45, 2.75) is 20.3 Å². The lowest BCUT2D eigenvalue weighted by atomic mass is 9.90. The summed E-state index contributed by atoms with van der Waals surface area (Å²) in [7, 11) is 1.44. The van der Waals surface area contributed by atoms with Crippen molar-refractivity contribution in [2.24, 2.45) is 11.8 Å². The van der Waals surface area contributed by atoms with Gasteiger partial charge in [-0.25, -0.2) is 0 Å². The predicted octanol–water partition coefficient (Wildman–Crippen LogP) is 2.67. The number of hydrogen-bond donors (Lipinski definition) is 0. The van der Waals surface area contributed by atoms with Gasteiger partial charge in [0.15, 0.2) is 0 Å². The standard InChI is InChI=1S/C13H18O2/c1-10(11(2)13(14)15-3)9-12-7-5-4-6-8-12/h4-8,10-11H,9H2,1-3H3/t10-,11-/m1/s1. The van der Waals surface area contributed by atoms with Crippen LogP contribution in [-0.4, -0.2) is 13.1 Å². The van der Waals surface area contributed by atoms with Crippen LogP contribution in [0, 0.1) is 11.8 Å². The summed E-state index contributed by atoms with van der Waals surface area (Å²) in [5.41, 5.74) is 1.26. The van der Waals surface area contributed by atoms with Crippen molar-refractivity contribution in [3.8, 4) is 0 Å². The Kier molecular flexibility index (Phi) is 4.35. The van der Waals surface area contributed by atoms with E-state index in [0.29, 0.717) is 5.92 Å². The minimum absolute atomic E-state index is 0.0461. The van der Waals surface area contributed by atoms with Crippen LogP contribution in [-0.2, 0) is 16.0 Å². The second-order valence-corrected chi connectivity index (χ2v) is 3.98. The van der Waals surface area contributed by atoms with Gasteiger partial charge in [-0.3, -0.25) is 4.79 Å². The van der Waals surface area contributed by atoms with Gasteiger partial charge in [0.25, 0.3) is 0 Å². The van der Waals surface area contributed by atoms with Gasteiger partial charge in [-0.15, -0.1) is 0 Å². The van der Waals surface area contributed by atoms with E-state index >= 15 is 0 Å². The van der Waals surface area contributed by atoms with Gasteiger partial charge in [-0.1, -0.05) is 44.2 Å². The maximum atomic E-state index is 11.3. The van der Waals surface area contributed by atoms with Crippen molar-refractivity contribution in [2.75, 3.05) is 7.11 Å². The van der Waals surface area contributed by atoms with E-state index in [-0.39, 0.29) is 11.9 Å². The van der Waals surface area contributed by atoms with Crippen LogP contribution in [0.4, 0.5) is 0 Å². The van der Waals surface area contributed by atoms with Crippen molar-refractivity contribution in [3.05, 3.63) is 35.9 Å². The molecule has 1 aromatic rings. The minimum Gasteiger partial charge on any atom is -0.469 e. The Morgan fingerprint density at radius 2 is 1.87 bits per heavy atom. The molecule has 0 bridgehead atoms. The summed E-state index contributed by atoms with van der Waals surface area (Å²) < 4.78 is 4.73. The molecule has 15 heavy (non-hydrogen) atoms. The van der Waals surface area contributed by atoms with Gasteiger partial charge in [-0.05, 0) is 17.9 Å². The smallest absolute Gasteiger partial charge is 0.308 e. The highest BCUT2D eigenvalue weighted by Crippen LogP contribution is 2.17. The first-order valence-corrected chi connectivity index (χ1v) is 5.27. The zero-order valence-electron chi connectivity index (χ0n) is 9.57. The molecule has 0 N–H and O–H groups in total. The largest absolute Gasteiger partial charge is 0.469 e. The van der Waals surface area contributed by atoms with Crippen LogP contribution < -0.4 is 0 Å². The van der Waals surface area contributed by atoms with Gasteiger partial charge in [0.2, 0.25) is 0 Å². The van der Waals surface area contributed by atoms with Crippen LogP contribution in [0.2, 0.25) is 0 Å². The fourth-order valence-corrected chi connectivity index (χ4v) is 1.58.